The van der Waals surface area contributed by atoms with Crippen LogP contribution in [-0.4, -0.2) is 134 Å². The maximum Gasteiger partial charge on any atom is 0.311 e. The quantitative estimate of drug-likeness (QED) is 0.130. The first-order chi connectivity index (χ1) is 27.1. The molecule has 0 spiro atoms. The summed E-state index contributed by atoms with van der Waals surface area (Å²) in [5.74, 6) is -1.41. The fourth-order valence-electron chi connectivity index (χ4n) is 14.4. The Morgan fingerprint density at radius 2 is 1.48 bits per heavy atom. The van der Waals surface area contributed by atoms with Gasteiger partial charge in [-0.3, -0.25) is 9.59 Å². The molecule has 0 aromatic carbocycles. The van der Waals surface area contributed by atoms with Gasteiger partial charge in [0.1, 0.15) is 36.6 Å². The Labute approximate surface area is 342 Å². The highest BCUT2D eigenvalue weighted by Gasteiger charge is 2.70. The van der Waals surface area contributed by atoms with Crippen molar-refractivity contribution in [1.82, 2.24) is 0 Å². The highest BCUT2D eigenvalue weighted by Crippen LogP contribution is 2.76. The number of carbonyl (C=O) groups excluding carboxylic acids is 1. The highest BCUT2D eigenvalue weighted by molar-refractivity contribution is 5.80. The Hall–Kier alpha value is -1.72. The molecule has 0 unspecified atom stereocenters. The number of ether oxygens (including phenoxy) is 4. The zero-order chi connectivity index (χ0) is 42.5. The highest BCUT2D eigenvalue weighted by atomic mass is 16.7. The van der Waals surface area contributed by atoms with Crippen LogP contribution in [0.1, 0.15) is 112 Å². The number of hydrogen-bond donors (Lipinski definition) is 8. The number of aliphatic hydroxyl groups excluding tert-OH is 7. The van der Waals surface area contributed by atoms with Gasteiger partial charge >= 0.3 is 11.9 Å². The number of rotatable bonds is 8. The van der Waals surface area contributed by atoms with E-state index in [0.717, 1.165) is 38.5 Å². The van der Waals surface area contributed by atoms with E-state index in [0.29, 0.717) is 31.6 Å². The molecule has 1 saturated heterocycles. The van der Waals surface area contributed by atoms with Crippen LogP contribution in [0.4, 0.5) is 0 Å². The molecule has 6 aliphatic carbocycles. The number of carboxylic acid groups (broad SMARTS) is 1. The number of carbonyl (C=O) groups is 2. The van der Waals surface area contributed by atoms with Crippen molar-refractivity contribution < 1.29 is 69.4 Å². The van der Waals surface area contributed by atoms with Crippen LogP contribution in [0.15, 0.2) is 11.6 Å². The third-order valence-corrected chi connectivity index (χ3v) is 18.2. The first-order valence-corrected chi connectivity index (χ1v) is 21.7. The van der Waals surface area contributed by atoms with Crippen molar-refractivity contribution in [1.29, 1.82) is 0 Å². The molecule has 19 atom stereocenters. The summed E-state index contributed by atoms with van der Waals surface area (Å²) >= 11 is 0. The zero-order valence-corrected chi connectivity index (χ0v) is 35.4. The minimum Gasteiger partial charge on any atom is -0.481 e. The molecule has 330 valence electrons. The second kappa shape index (κ2) is 15.3. The minimum atomic E-state index is -1.70. The van der Waals surface area contributed by atoms with Crippen LogP contribution < -0.4 is 0 Å². The summed E-state index contributed by atoms with van der Waals surface area (Å²) in [5, 5.41) is 84.8. The Bertz CT molecular complexity index is 1600. The lowest BCUT2D eigenvalue weighted by atomic mass is 9.33. The van der Waals surface area contributed by atoms with Crippen molar-refractivity contribution in [2.24, 2.45) is 56.2 Å². The van der Waals surface area contributed by atoms with Crippen molar-refractivity contribution in [3.63, 3.8) is 0 Å². The van der Waals surface area contributed by atoms with Gasteiger partial charge in [-0.2, -0.15) is 0 Å². The van der Waals surface area contributed by atoms with Crippen molar-refractivity contribution in [2.45, 2.75) is 173 Å². The summed E-state index contributed by atoms with van der Waals surface area (Å²) in [6.45, 7) is 12.6. The number of carboxylic acids is 1. The van der Waals surface area contributed by atoms with Crippen molar-refractivity contribution in [3.05, 3.63) is 11.6 Å². The summed E-state index contributed by atoms with van der Waals surface area (Å²) in [6, 6.07) is 0. The Morgan fingerprint density at radius 1 is 0.793 bits per heavy atom. The molecular formula is C44H70O14. The minimum absolute atomic E-state index is 0.0709. The van der Waals surface area contributed by atoms with E-state index in [9.17, 15) is 50.4 Å². The first-order valence-electron chi connectivity index (χ1n) is 21.7. The molecule has 0 radical (unpaired) electrons. The van der Waals surface area contributed by atoms with E-state index in [4.69, 9.17) is 18.9 Å². The van der Waals surface area contributed by atoms with Gasteiger partial charge in [0.15, 0.2) is 6.29 Å². The van der Waals surface area contributed by atoms with Crippen molar-refractivity contribution in [3.8, 4) is 0 Å². The standard InChI is InChI=1S/C44H70O14/c1-39(2)27-10-13-43(6)28(9-8-23-24-19-40(3,38(54)55-7)14-16-44(24,37(52)53)17-15-42(23,43)5)41(27,4)12-11-29(39)56-25-18-22(20-45)35(33(50)30(25)47)58-36-34(51)32(49)31(48)26(21-46)57-36/h8,22,24-36,45-51H,9-21H2,1-7H3,(H,52,53)/t22-,24+,25-,26-,27+,28-,29+,30+,31-,32+,33-,34-,35+,36+,40+,41+,42-,43-,44+/m1/s1. The summed E-state index contributed by atoms with van der Waals surface area (Å²) < 4.78 is 23.5. The lowest BCUT2D eigenvalue weighted by Gasteiger charge is -2.71. The lowest BCUT2D eigenvalue weighted by molar-refractivity contribution is -0.333. The van der Waals surface area contributed by atoms with Gasteiger partial charge in [-0.25, -0.2) is 0 Å². The normalized spacial score (nSPS) is 52.6. The largest absolute Gasteiger partial charge is 0.481 e. The van der Waals surface area contributed by atoms with E-state index in [1.165, 1.54) is 12.7 Å². The molecule has 0 bridgehead atoms. The van der Waals surface area contributed by atoms with Crippen LogP contribution in [0.3, 0.4) is 0 Å². The molecule has 8 N–H and O–H groups in total. The Balaban J connectivity index is 1.10. The maximum absolute atomic E-state index is 13.2. The predicted molar refractivity (Wildman–Crippen MR) is 208 cm³/mol. The summed E-state index contributed by atoms with van der Waals surface area (Å²) in [4.78, 5) is 26.3. The summed E-state index contributed by atoms with van der Waals surface area (Å²) in [6.07, 6.45) is -3.31. The van der Waals surface area contributed by atoms with E-state index in [1.807, 2.05) is 6.92 Å². The smallest absolute Gasteiger partial charge is 0.311 e. The molecule has 0 amide bonds. The van der Waals surface area contributed by atoms with Gasteiger partial charge in [0.05, 0.1) is 42.9 Å². The fourth-order valence-corrected chi connectivity index (χ4v) is 14.4. The molecule has 0 aromatic rings. The van der Waals surface area contributed by atoms with Crippen molar-refractivity contribution in [2.75, 3.05) is 20.3 Å². The number of esters is 1. The van der Waals surface area contributed by atoms with Crippen LogP contribution in [0.5, 0.6) is 0 Å². The Morgan fingerprint density at radius 3 is 2.12 bits per heavy atom. The average Bonchev–Trinajstić information content (AvgIpc) is 3.18. The van der Waals surface area contributed by atoms with Gasteiger partial charge in [-0.1, -0.05) is 46.3 Å². The third kappa shape index (κ3) is 6.39. The van der Waals surface area contributed by atoms with E-state index in [-0.39, 0.29) is 52.0 Å². The van der Waals surface area contributed by atoms with Crippen LogP contribution in [-0.2, 0) is 28.5 Å². The molecule has 5 saturated carbocycles. The van der Waals surface area contributed by atoms with Crippen molar-refractivity contribution >= 4 is 11.9 Å². The fraction of sp³-hybridized carbons (Fsp3) is 0.909. The van der Waals surface area contributed by atoms with Gasteiger partial charge < -0.3 is 59.8 Å². The Kier molecular flexibility index (Phi) is 11.7. The summed E-state index contributed by atoms with van der Waals surface area (Å²) in [5.41, 5.74) is -1.15. The summed E-state index contributed by atoms with van der Waals surface area (Å²) in [7, 11) is 1.41. The first kappa shape index (κ1) is 44.3. The molecule has 1 aliphatic heterocycles. The molecule has 0 aromatic heterocycles. The number of allylic oxidation sites excluding steroid dienone is 2. The second-order valence-electron chi connectivity index (χ2n) is 21.0. The maximum atomic E-state index is 13.2. The molecule has 7 rings (SSSR count). The molecule has 58 heavy (non-hydrogen) atoms. The monoisotopic (exact) mass is 822 g/mol. The molecule has 1 heterocycles. The van der Waals surface area contributed by atoms with E-state index < -0.39 is 91.1 Å². The van der Waals surface area contributed by atoms with Gasteiger partial charge in [0, 0.05) is 12.5 Å². The van der Waals surface area contributed by atoms with Crippen LogP contribution in [0.25, 0.3) is 0 Å². The molecule has 6 fully saturated rings. The zero-order valence-electron chi connectivity index (χ0n) is 35.4. The van der Waals surface area contributed by atoms with E-state index in [1.54, 1.807) is 0 Å². The molecular weight excluding hydrogens is 752 g/mol. The molecule has 14 heteroatoms. The van der Waals surface area contributed by atoms with Crippen LogP contribution in [0, 0.1) is 56.2 Å². The van der Waals surface area contributed by atoms with Crippen LogP contribution in [0.2, 0.25) is 0 Å². The van der Waals surface area contributed by atoms with E-state index >= 15 is 0 Å². The number of hydrogen-bond acceptors (Lipinski definition) is 13. The second-order valence-corrected chi connectivity index (χ2v) is 21.0. The molecule has 14 nitrogen and oxygen atoms in total. The number of aliphatic hydroxyl groups is 7. The third-order valence-electron chi connectivity index (χ3n) is 18.2. The van der Waals surface area contributed by atoms with Gasteiger partial charge in [0.2, 0.25) is 0 Å². The van der Waals surface area contributed by atoms with Crippen LogP contribution >= 0.6 is 0 Å². The van der Waals surface area contributed by atoms with Gasteiger partial charge in [-0.15, -0.1) is 0 Å². The van der Waals surface area contributed by atoms with E-state index in [2.05, 4.69) is 40.7 Å². The average molecular weight is 823 g/mol. The topological polar surface area (TPSA) is 233 Å². The number of aliphatic carboxylic acids is 1. The number of fused-ring (bicyclic) bond motifs is 7. The lowest BCUT2D eigenvalue weighted by Crippen LogP contribution is -2.66. The SMILES string of the molecule is COC(=O)[C@@]1(C)CC[C@]2(C(=O)O)CC[C@]3(C)C(=CC[C@@H]4[C@@]5(C)CC[C@H](O[C@@H]6C[C@H](CO)[C@H](O[C@@H]7O[C@H](CO)[C@@H](O)[C@H](O)[C@H]7O)[C@H](O)[C@H]6O)C(C)(C)[C@@H]5CC[C@]43C)[C@@H]2C1. The molecule has 7 aliphatic rings. The van der Waals surface area contributed by atoms with Gasteiger partial charge in [-0.05, 0) is 117 Å². The number of methoxy groups -OCH3 is 1. The predicted octanol–water partition coefficient (Wildman–Crippen LogP) is 2.70. The van der Waals surface area contributed by atoms with Gasteiger partial charge in [0.25, 0.3) is 0 Å².